The summed E-state index contributed by atoms with van der Waals surface area (Å²) in [7, 11) is -2.53. The molecule has 9 nitrogen and oxygen atoms in total. The molecule has 0 bridgehead atoms. The molecule has 0 spiro atoms. The molecule has 1 amide bonds. The standard InChI is InChI=1S/C25H27N3O6S/c1-4-23(19-10-15-24(34-3)18(2)16-19)26-25(29)17-27(20-11-13-21(14-12-20)28(30)31)35(32,33)22-8-6-5-7-9-22/h5-16,23H,4,17H2,1-3H3,(H,26,29). The maximum absolute atomic E-state index is 13.4. The third-order valence-electron chi connectivity index (χ3n) is 5.53. The van der Waals surface area contributed by atoms with Crippen LogP contribution in [-0.4, -0.2) is 32.9 Å². The quantitative estimate of drug-likeness (QED) is 0.328. The lowest BCUT2D eigenvalue weighted by molar-refractivity contribution is -0.384. The van der Waals surface area contributed by atoms with Crippen molar-refractivity contribution in [2.24, 2.45) is 0 Å². The number of nitro benzene ring substituents is 1. The molecule has 0 aromatic heterocycles. The van der Waals surface area contributed by atoms with Gasteiger partial charge in [0, 0.05) is 12.1 Å². The van der Waals surface area contributed by atoms with Gasteiger partial charge in [0.05, 0.1) is 28.7 Å². The van der Waals surface area contributed by atoms with Crippen molar-refractivity contribution in [3.63, 3.8) is 0 Å². The van der Waals surface area contributed by atoms with Crippen LogP contribution in [0.2, 0.25) is 0 Å². The number of benzene rings is 3. The van der Waals surface area contributed by atoms with Gasteiger partial charge in [0.25, 0.3) is 15.7 Å². The molecule has 3 rings (SSSR count). The van der Waals surface area contributed by atoms with Crippen LogP contribution < -0.4 is 14.4 Å². The van der Waals surface area contributed by atoms with Gasteiger partial charge >= 0.3 is 0 Å². The van der Waals surface area contributed by atoms with E-state index in [-0.39, 0.29) is 22.3 Å². The summed E-state index contributed by atoms with van der Waals surface area (Å²) < 4.78 is 33.1. The maximum Gasteiger partial charge on any atom is 0.269 e. The van der Waals surface area contributed by atoms with Gasteiger partial charge < -0.3 is 10.1 Å². The number of anilines is 1. The topological polar surface area (TPSA) is 119 Å². The summed E-state index contributed by atoms with van der Waals surface area (Å²) in [6.07, 6.45) is 0.584. The zero-order valence-electron chi connectivity index (χ0n) is 19.7. The maximum atomic E-state index is 13.4. The number of aryl methyl sites for hydroxylation is 1. The molecule has 1 unspecified atom stereocenters. The van der Waals surface area contributed by atoms with E-state index in [1.807, 2.05) is 32.0 Å². The fourth-order valence-electron chi connectivity index (χ4n) is 3.69. The van der Waals surface area contributed by atoms with Crippen LogP contribution in [0.1, 0.15) is 30.5 Å². The highest BCUT2D eigenvalue weighted by Gasteiger charge is 2.28. The first kappa shape index (κ1) is 25.7. The summed E-state index contributed by atoms with van der Waals surface area (Å²) in [5, 5.41) is 13.9. The zero-order chi connectivity index (χ0) is 25.6. The van der Waals surface area contributed by atoms with Gasteiger partial charge in [-0.15, -0.1) is 0 Å². The number of carbonyl (C=O) groups excluding carboxylic acids is 1. The molecule has 3 aromatic rings. The van der Waals surface area contributed by atoms with Gasteiger partial charge in [0.2, 0.25) is 5.91 Å². The number of amides is 1. The largest absolute Gasteiger partial charge is 0.496 e. The average Bonchev–Trinajstić information content (AvgIpc) is 2.86. The number of rotatable bonds is 10. The lowest BCUT2D eigenvalue weighted by Gasteiger charge is -2.26. The Morgan fingerprint density at radius 1 is 1.09 bits per heavy atom. The van der Waals surface area contributed by atoms with E-state index in [4.69, 9.17) is 4.74 Å². The van der Waals surface area contributed by atoms with Crippen molar-refractivity contribution in [2.75, 3.05) is 18.0 Å². The number of methoxy groups -OCH3 is 1. The molecule has 35 heavy (non-hydrogen) atoms. The highest BCUT2D eigenvalue weighted by molar-refractivity contribution is 7.92. The van der Waals surface area contributed by atoms with E-state index in [1.54, 1.807) is 25.3 Å². The van der Waals surface area contributed by atoms with E-state index in [9.17, 15) is 23.3 Å². The minimum absolute atomic E-state index is 0.00368. The highest BCUT2D eigenvalue weighted by atomic mass is 32.2. The minimum Gasteiger partial charge on any atom is -0.496 e. The lowest BCUT2D eigenvalue weighted by Crippen LogP contribution is -2.42. The van der Waals surface area contributed by atoms with Crippen LogP contribution in [0, 0.1) is 17.0 Å². The molecule has 1 N–H and O–H groups in total. The summed E-state index contributed by atoms with van der Waals surface area (Å²) in [5.74, 6) is 0.219. The van der Waals surface area contributed by atoms with E-state index < -0.39 is 27.4 Å². The smallest absolute Gasteiger partial charge is 0.269 e. The Bertz CT molecular complexity index is 1290. The molecular formula is C25H27N3O6S. The Morgan fingerprint density at radius 2 is 1.74 bits per heavy atom. The third-order valence-corrected chi connectivity index (χ3v) is 7.32. The molecule has 3 aromatic carbocycles. The molecule has 0 aliphatic carbocycles. The second-order valence-corrected chi connectivity index (χ2v) is 9.72. The van der Waals surface area contributed by atoms with Gasteiger partial charge in [-0.3, -0.25) is 19.2 Å². The molecule has 0 fully saturated rings. The van der Waals surface area contributed by atoms with Gasteiger partial charge in [-0.25, -0.2) is 8.42 Å². The molecule has 0 saturated heterocycles. The number of hydrogen-bond donors (Lipinski definition) is 1. The second-order valence-electron chi connectivity index (χ2n) is 7.86. The second kappa shape index (κ2) is 11.0. The number of carbonyl (C=O) groups is 1. The number of nitrogens with one attached hydrogen (secondary N) is 1. The summed E-state index contributed by atoms with van der Waals surface area (Å²) in [6.45, 7) is 3.32. The van der Waals surface area contributed by atoms with Gasteiger partial charge in [0.1, 0.15) is 12.3 Å². The van der Waals surface area contributed by atoms with Gasteiger partial charge in [-0.1, -0.05) is 37.3 Å². The summed E-state index contributed by atoms with van der Waals surface area (Å²) in [5.41, 5.74) is 1.74. The number of non-ortho nitro benzene ring substituents is 1. The van der Waals surface area contributed by atoms with Crippen molar-refractivity contribution in [1.29, 1.82) is 0 Å². The van der Waals surface area contributed by atoms with Crippen LogP contribution in [0.25, 0.3) is 0 Å². The van der Waals surface area contributed by atoms with Crippen molar-refractivity contribution < 1.29 is 22.9 Å². The highest BCUT2D eigenvalue weighted by Crippen LogP contribution is 2.27. The van der Waals surface area contributed by atoms with Crippen molar-refractivity contribution in [3.05, 3.63) is 94.0 Å². The van der Waals surface area contributed by atoms with E-state index in [2.05, 4.69) is 5.32 Å². The molecule has 184 valence electrons. The van der Waals surface area contributed by atoms with Crippen molar-refractivity contribution >= 4 is 27.3 Å². The lowest BCUT2D eigenvalue weighted by atomic mass is 10.0. The molecule has 0 radical (unpaired) electrons. The molecule has 0 heterocycles. The first-order chi connectivity index (χ1) is 16.7. The average molecular weight is 498 g/mol. The van der Waals surface area contributed by atoms with Crippen LogP contribution in [0.3, 0.4) is 0 Å². The molecule has 1 atom stereocenters. The number of hydrogen-bond acceptors (Lipinski definition) is 6. The van der Waals surface area contributed by atoms with Crippen LogP contribution in [-0.2, 0) is 14.8 Å². The third kappa shape index (κ3) is 5.96. The Balaban J connectivity index is 1.91. The van der Waals surface area contributed by atoms with Gasteiger partial charge in [-0.05, 0) is 54.8 Å². The van der Waals surface area contributed by atoms with Crippen LogP contribution in [0.5, 0.6) is 5.75 Å². The normalized spacial score (nSPS) is 12.0. The first-order valence-electron chi connectivity index (χ1n) is 10.9. The monoisotopic (exact) mass is 497 g/mol. The first-order valence-corrected chi connectivity index (χ1v) is 12.4. The van der Waals surface area contributed by atoms with Crippen molar-refractivity contribution in [2.45, 2.75) is 31.2 Å². The van der Waals surface area contributed by atoms with Gasteiger partial charge in [0.15, 0.2) is 0 Å². The van der Waals surface area contributed by atoms with Crippen molar-refractivity contribution in [1.82, 2.24) is 5.32 Å². The van der Waals surface area contributed by atoms with Gasteiger partial charge in [-0.2, -0.15) is 0 Å². The van der Waals surface area contributed by atoms with Crippen LogP contribution in [0.15, 0.2) is 77.7 Å². The Hall–Kier alpha value is -3.92. The number of nitrogens with zero attached hydrogens (tertiary/aromatic N) is 2. The van der Waals surface area contributed by atoms with E-state index in [1.165, 1.54) is 36.4 Å². The molecule has 0 saturated carbocycles. The zero-order valence-corrected chi connectivity index (χ0v) is 20.5. The predicted molar refractivity (Wildman–Crippen MR) is 133 cm³/mol. The van der Waals surface area contributed by atoms with E-state index in [0.717, 1.165) is 21.2 Å². The fourth-order valence-corrected chi connectivity index (χ4v) is 5.13. The number of ether oxygens (including phenoxy) is 1. The summed E-state index contributed by atoms with van der Waals surface area (Å²) in [4.78, 5) is 23.5. The number of nitro groups is 1. The van der Waals surface area contributed by atoms with E-state index >= 15 is 0 Å². The van der Waals surface area contributed by atoms with Crippen molar-refractivity contribution in [3.8, 4) is 5.75 Å². The molecule has 10 heteroatoms. The Kier molecular flexibility index (Phi) is 8.08. The predicted octanol–water partition coefficient (Wildman–Crippen LogP) is 4.37. The summed E-state index contributed by atoms with van der Waals surface area (Å²) >= 11 is 0. The molecule has 0 aliphatic rings. The molecule has 0 aliphatic heterocycles. The summed E-state index contributed by atoms with van der Waals surface area (Å²) in [6, 6.07) is 18.0. The SMILES string of the molecule is CCC(NC(=O)CN(c1ccc([N+](=O)[O-])cc1)S(=O)(=O)c1ccccc1)c1ccc(OC)c(C)c1. The fraction of sp³-hybridized carbons (Fsp3) is 0.240. The Labute approximate surface area is 204 Å². The van der Waals surface area contributed by atoms with E-state index in [0.29, 0.717) is 6.42 Å². The Morgan fingerprint density at radius 3 is 2.29 bits per heavy atom. The minimum atomic E-state index is -4.12. The molecular weight excluding hydrogens is 470 g/mol. The van der Waals surface area contributed by atoms with Crippen LogP contribution in [0.4, 0.5) is 11.4 Å². The number of sulfonamides is 1. The van der Waals surface area contributed by atoms with Crippen LogP contribution >= 0.6 is 0 Å².